The third-order valence-corrected chi connectivity index (χ3v) is 3.72. The standard InChI is InChI=1S/C19H31NO/c1-5-8-10-13-17(7-3)21-18-14-11-12-16(4)19(18)20-15-9-6-2/h11-12,14-15,17H,5-10,13H2,1-4H3/b20-15-. The van der Waals surface area contributed by atoms with Crippen molar-refractivity contribution in [1.82, 2.24) is 0 Å². The second-order valence-corrected chi connectivity index (χ2v) is 5.67. The Morgan fingerprint density at radius 2 is 1.95 bits per heavy atom. The van der Waals surface area contributed by atoms with Gasteiger partial charge >= 0.3 is 0 Å². The average molecular weight is 289 g/mol. The molecular weight excluding hydrogens is 258 g/mol. The molecule has 0 aliphatic rings. The summed E-state index contributed by atoms with van der Waals surface area (Å²) < 4.78 is 6.24. The number of benzene rings is 1. The van der Waals surface area contributed by atoms with Crippen molar-refractivity contribution < 1.29 is 4.74 Å². The molecule has 118 valence electrons. The number of aliphatic imine (C=N–C) groups is 1. The van der Waals surface area contributed by atoms with E-state index in [1.807, 2.05) is 12.3 Å². The van der Waals surface area contributed by atoms with Gasteiger partial charge in [0.05, 0.1) is 6.10 Å². The van der Waals surface area contributed by atoms with Gasteiger partial charge in [0.25, 0.3) is 0 Å². The molecule has 0 spiro atoms. The average Bonchev–Trinajstić information content (AvgIpc) is 2.49. The molecule has 0 amide bonds. The van der Waals surface area contributed by atoms with Gasteiger partial charge in [-0.25, -0.2) is 0 Å². The zero-order valence-electron chi connectivity index (χ0n) is 14.2. The van der Waals surface area contributed by atoms with Crippen LogP contribution in [0, 0.1) is 6.92 Å². The maximum atomic E-state index is 6.24. The molecule has 0 aliphatic carbocycles. The molecular formula is C19H31NO. The molecule has 0 fully saturated rings. The maximum Gasteiger partial charge on any atom is 0.145 e. The first-order chi connectivity index (χ1) is 10.2. The second-order valence-electron chi connectivity index (χ2n) is 5.67. The number of aryl methyl sites for hydroxylation is 1. The van der Waals surface area contributed by atoms with Gasteiger partial charge in [-0.2, -0.15) is 0 Å². The molecule has 0 aliphatic heterocycles. The maximum absolute atomic E-state index is 6.24. The van der Waals surface area contributed by atoms with E-state index in [9.17, 15) is 0 Å². The monoisotopic (exact) mass is 289 g/mol. The Kier molecular flexibility index (Phi) is 8.80. The molecule has 0 N–H and O–H groups in total. The Balaban J connectivity index is 2.78. The number of ether oxygens (including phenoxy) is 1. The highest BCUT2D eigenvalue weighted by Gasteiger charge is 2.12. The summed E-state index contributed by atoms with van der Waals surface area (Å²) in [5, 5.41) is 0. The van der Waals surface area contributed by atoms with E-state index in [4.69, 9.17) is 4.74 Å². The van der Waals surface area contributed by atoms with Crippen LogP contribution >= 0.6 is 0 Å². The normalized spacial score (nSPS) is 12.8. The fourth-order valence-electron chi connectivity index (χ4n) is 2.33. The quantitative estimate of drug-likeness (QED) is 0.369. The van der Waals surface area contributed by atoms with Crippen LogP contribution in [0.4, 0.5) is 5.69 Å². The molecule has 1 aromatic carbocycles. The van der Waals surface area contributed by atoms with Crippen molar-refractivity contribution in [2.45, 2.75) is 78.7 Å². The Labute approximate surface area is 130 Å². The van der Waals surface area contributed by atoms with Gasteiger partial charge < -0.3 is 4.74 Å². The molecule has 0 saturated heterocycles. The van der Waals surface area contributed by atoms with Crippen molar-refractivity contribution in [3.05, 3.63) is 23.8 Å². The molecule has 21 heavy (non-hydrogen) atoms. The van der Waals surface area contributed by atoms with Gasteiger partial charge in [-0.05, 0) is 44.2 Å². The van der Waals surface area contributed by atoms with Crippen LogP contribution < -0.4 is 4.74 Å². The Morgan fingerprint density at radius 1 is 1.14 bits per heavy atom. The van der Waals surface area contributed by atoms with Gasteiger partial charge in [0.1, 0.15) is 11.4 Å². The number of rotatable bonds is 10. The van der Waals surface area contributed by atoms with Crippen molar-refractivity contribution in [3.63, 3.8) is 0 Å². The van der Waals surface area contributed by atoms with Crippen LogP contribution in [-0.4, -0.2) is 12.3 Å². The smallest absolute Gasteiger partial charge is 0.145 e. The van der Waals surface area contributed by atoms with Crippen LogP contribution in [0.1, 0.15) is 71.3 Å². The summed E-state index contributed by atoms with van der Waals surface area (Å²) in [5.74, 6) is 0.936. The lowest BCUT2D eigenvalue weighted by atomic mass is 10.1. The van der Waals surface area contributed by atoms with Crippen molar-refractivity contribution in [3.8, 4) is 5.75 Å². The Bertz CT molecular complexity index is 426. The molecule has 0 aromatic heterocycles. The van der Waals surface area contributed by atoms with Gasteiger partial charge in [-0.3, -0.25) is 4.99 Å². The predicted molar refractivity (Wildman–Crippen MR) is 93.1 cm³/mol. The molecule has 0 bridgehead atoms. The zero-order chi connectivity index (χ0) is 15.5. The van der Waals surface area contributed by atoms with E-state index in [0.717, 1.165) is 37.1 Å². The van der Waals surface area contributed by atoms with E-state index in [1.165, 1.54) is 24.8 Å². The van der Waals surface area contributed by atoms with E-state index in [1.54, 1.807) is 0 Å². The number of para-hydroxylation sites is 1. The van der Waals surface area contributed by atoms with Crippen LogP contribution in [0.25, 0.3) is 0 Å². The molecule has 1 unspecified atom stereocenters. The highest BCUT2D eigenvalue weighted by atomic mass is 16.5. The predicted octanol–water partition coefficient (Wildman–Crippen LogP) is 6.24. The molecule has 0 radical (unpaired) electrons. The van der Waals surface area contributed by atoms with E-state index in [-0.39, 0.29) is 0 Å². The third kappa shape index (κ3) is 6.33. The summed E-state index contributed by atoms with van der Waals surface area (Å²) in [6.45, 7) is 8.71. The molecule has 1 atom stereocenters. The van der Waals surface area contributed by atoms with E-state index >= 15 is 0 Å². The van der Waals surface area contributed by atoms with Gasteiger partial charge in [0, 0.05) is 6.21 Å². The molecule has 1 rings (SSSR count). The van der Waals surface area contributed by atoms with E-state index < -0.39 is 0 Å². The summed E-state index contributed by atoms with van der Waals surface area (Å²) in [5.41, 5.74) is 2.18. The number of nitrogens with zero attached hydrogens (tertiary/aromatic N) is 1. The van der Waals surface area contributed by atoms with Crippen LogP contribution in [0.2, 0.25) is 0 Å². The van der Waals surface area contributed by atoms with Crippen LogP contribution in [-0.2, 0) is 0 Å². The minimum Gasteiger partial charge on any atom is -0.488 e. The summed E-state index contributed by atoms with van der Waals surface area (Å²) >= 11 is 0. The molecule has 1 aromatic rings. The highest BCUT2D eigenvalue weighted by Crippen LogP contribution is 2.32. The van der Waals surface area contributed by atoms with Crippen molar-refractivity contribution in [1.29, 1.82) is 0 Å². The number of hydrogen-bond acceptors (Lipinski definition) is 2. The minimum absolute atomic E-state index is 0.304. The highest BCUT2D eigenvalue weighted by molar-refractivity contribution is 5.68. The van der Waals surface area contributed by atoms with E-state index in [0.29, 0.717) is 6.10 Å². The van der Waals surface area contributed by atoms with Gasteiger partial charge in [0.2, 0.25) is 0 Å². The fourth-order valence-corrected chi connectivity index (χ4v) is 2.33. The fraction of sp³-hybridized carbons (Fsp3) is 0.632. The van der Waals surface area contributed by atoms with E-state index in [2.05, 4.69) is 44.8 Å². The van der Waals surface area contributed by atoms with Crippen LogP contribution in [0.15, 0.2) is 23.2 Å². The second kappa shape index (κ2) is 10.4. The van der Waals surface area contributed by atoms with Crippen molar-refractivity contribution in [2.75, 3.05) is 0 Å². The Hall–Kier alpha value is -1.31. The van der Waals surface area contributed by atoms with Crippen LogP contribution in [0.5, 0.6) is 5.75 Å². The van der Waals surface area contributed by atoms with Crippen molar-refractivity contribution >= 4 is 11.9 Å². The summed E-state index contributed by atoms with van der Waals surface area (Å²) in [4.78, 5) is 4.63. The first kappa shape index (κ1) is 17.7. The van der Waals surface area contributed by atoms with Gasteiger partial charge in [-0.15, -0.1) is 0 Å². The lowest BCUT2D eigenvalue weighted by molar-refractivity contribution is 0.183. The summed E-state index contributed by atoms with van der Waals surface area (Å²) in [6.07, 6.45) is 10.4. The first-order valence-electron chi connectivity index (χ1n) is 8.51. The molecule has 0 saturated carbocycles. The lowest BCUT2D eigenvalue weighted by Gasteiger charge is -2.19. The minimum atomic E-state index is 0.304. The third-order valence-electron chi connectivity index (χ3n) is 3.72. The molecule has 0 heterocycles. The zero-order valence-corrected chi connectivity index (χ0v) is 14.2. The Morgan fingerprint density at radius 3 is 2.62 bits per heavy atom. The van der Waals surface area contributed by atoms with Gasteiger partial charge in [-0.1, -0.05) is 52.2 Å². The van der Waals surface area contributed by atoms with Gasteiger partial charge in [0.15, 0.2) is 0 Å². The lowest BCUT2D eigenvalue weighted by Crippen LogP contribution is -2.15. The van der Waals surface area contributed by atoms with Crippen LogP contribution in [0.3, 0.4) is 0 Å². The topological polar surface area (TPSA) is 21.6 Å². The first-order valence-corrected chi connectivity index (χ1v) is 8.51. The SMILES string of the molecule is CCC/C=N\c1c(C)cccc1OC(CC)CCCCC. The largest absolute Gasteiger partial charge is 0.488 e. The summed E-state index contributed by atoms with van der Waals surface area (Å²) in [7, 11) is 0. The molecule has 2 nitrogen and oxygen atoms in total. The molecule has 2 heteroatoms. The number of unbranched alkanes of at least 4 members (excludes halogenated alkanes) is 3. The summed E-state index contributed by atoms with van der Waals surface area (Å²) in [6, 6.07) is 6.21. The van der Waals surface area contributed by atoms with Crippen molar-refractivity contribution in [2.24, 2.45) is 4.99 Å². The number of hydrogen-bond donors (Lipinski definition) is 0.